The van der Waals surface area contributed by atoms with Gasteiger partial charge in [-0.05, 0) is 31.9 Å². The van der Waals surface area contributed by atoms with Crippen LogP contribution in [0.2, 0.25) is 0 Å². The molecule has 1 aromatic carbocycles. The standard InChI is InChI=1S/C19H21F3N4O/c1-12-23-16(18(27)25-13-7-3-2-4-8-13)11-17(24-12)26-15-10-6-5-9-14(15)19(20,21)22/h5-6,9-11,13H,2-4,7-8H2,1H3,(H,25,27)(H,23,24,26). The molecule has 1 fully saturated rings. The molecular formula is C19H21F3N4O. The normalized spacial score (nSPS) is 15.4. The number of halogens is 3. The Morgan fingerprint density at radius 1 is 1.11 bits per heavy atom. The van der Waals surface area contributed by atoms with Gasteiger partial charge in [0.1, 0.15) is 17.3 Å². The molecule has 5 nitrogen and oxygen atoms in total. The van der Waals surface area contributed by atoms with Crippen LogP contribution in [0.15, 0.2) is 30.3 Å². The summed E-state index contributed by atoms with van der Waals surface area (Å²) in [5.74, 6) is 0.117. The maximum atomic E-state index is 13.2. The number of nitrogens with one attached hydrogen (secondary N) is 2. The smallest absolute Gasteiger partial charge is 0.348 e. The molecule has 0 aliphatic heterocycles. The number of aryl methyl sites for hydroxylation is 1. The number of anilines is 2. The highest BCUT2D eigenvalue weighted by molar-refractivity contribution is 5.93. The van der Waals surface area contributed by atoms with Gasteiger partial charge >= 0.3 is 6.18 Å². The van der Waals surface area contributed by atoms with Crippen LogP contribution >= 0.6 is 0 Å². The van der Waals surface area contributed by atoms with Crippen LogP contribution in [0, 0.1) is 6.92 Å². The largest absolute Gasteiger partial charge is 0.418 e. The summed E-state index contributed by atoms with van der Waals surface area (Å²) in [5, 5.41) is 5.62. The van der Waals surface area contributed by atoms with E-state index in [1.54, 1.807) is 6.92 Å². The Balaban J connectivity index is 1.81. The summed E-state index contributed by atoms with van der Waals surface area (Å²) < 4.78 is 39.5. The number of amides is 1. The molecule has 0 atom stereocenters. The van der Waals surface area contributed by atoms with Gasteiger partial charge in [-0.25, -0.2) is 9.97 Å². The number of nitrogens with zero attached hydrogens (tertiary/aromatic N) is 2. The summed E-state index contributed by atoms with van der Waals surface area (Å²) in [6.45, 7) is 1.60. The van der Waals surface area contributed by atoms with E-state index in [2.05, 4.69) is 20.6 Å². The van der Waals surface area contributed by atoms with E-state index in [4.69, 9.17) is 0 Å². The van der Waals surface area contributed by atoms with Gasteiger partial charge in [0.05, 0.1) is 11.3 Å². The van der Waals surface area contributed by atoms with Gasteiger partial charge in [0.15, 0.2) is 0 Å². The van der Waals surface area contributed by atoms with Crippen molar-refractivity contribution in [2.45, 2.75) is 51.2 Å². The molecule has 144 valence electrons. The molecule has 0 spiro atoms. The molecule has 1 heterocycles. The molecule has 1 amide bonds. The van der Waals surface area contributed by atoms with Crippen LogP contribution in [-0.4, -0.2) is 21.9 Å². The molecule has 0 saturated heterocycles. The lowest BCUT2D eigenvalue weighted by atomic mass is 9.95. The van der Waals surface area contributed by atoms with Crippen molar-refractivity contribution in [3.63, 3.8) is 0 Å². The number of carbonyl (C=O) groups is 1. The first kappa shape index (κ1) is 19.1. The van der Waals surface area contributed by atoms with E-state index in [0.717, 1.165) is 31.7 Å². The predicted molar refractivity (Wildman–Crippen MR) is 95.8 cm³/mol. The van der Waals surface area contributed by atoms with E-state index >= 15 is 0 Å². The van der Waals surface area contributed by atoms with Crippen LogP contribution in [0.3, 0.4) is 0 Å². The average Bonchev–Trinajstić information content (AvgIpc) is 2.61. The second-order valence-corrected chi connectivity index (χ2v) is 6.66. The zero-order valence-electron chi connectivity index (χ0n) is 14.9. The Hall–Kier alpha value is -2.64. The SMILES string of the molecule is Cc1nc(Nc2ccccc2C(F)(F)F)cc(C(=O)NC2CCCCC2)n1. The number of rotatable bonds is 4. The van der Waals surface area contributed by atoms with E-state index in [9.17, 15) is 18.0 Å². The fourth-order valence-corrected chi connectivity index (χ4v) is 3.23. The molecular weight excluding hydrogens is 357 g/mol. The van der Waals surface area contributed by atoms with Gasteiger partial charge in [-0.15, -0.1) is 0 Å². The molecule has 0 bridgehead atoms. The number of hydrogen-bond acceptors (Lipinski definition) is 4. The van der Waals surface area contributed by atoms with Crippen LogP contribution in [0.5, 0.6) is 0 Å². The number of hydrogen-bond donors (Lipinski definition) is 2. The van der Waals surface area contributed by atoms with Gasteiger partial charge in [-0.1, -0.05) is 31.4 Å². The average molecular weight is 378 g/mol. The molecule has 0 radical (unpaired) electrons. The minimum absolute atomic E-state index is 0.115. The molecule has 1 aliphatic rings. The fraction of sp³-hybridized carbons (Fsp3) is 0.421. The second kappa shape index (κ2) is 7.94. The lowest BCUT2D eigenvalue weighted by Gasteiger charge is -2.22. The van der Waals surface area contributed by atoms with Crippen molar-refractivity contribution >= 4 is 17.4 Å². The van der Waals surface area contributed by atoms with Gasteiger partial charge in [0.2, 0.25) is 0 Å². The van der Waals surface area contributed by atoms with E-state index < -0.39 is 11.7 Å². The van der Waals surface area contributed by atoms with Crippen molar-refractivity contribution in [2.24, 2.45) is 0 Å². The monoisotopic (exact) mass is 378 g/mol. The summed E-state index contributed by atoms with van der Waals surface area (Å²) >= 11 is 0. The molecule has 1 saturated carbocycles. The minimum Gasteiger partial charge on any atom is -0.348 e. The molecule has 8 heteroatoms. The summed E-state index contributed by atoms with van der Waals surface area (Å²) in [6.07, 6.45) is 0.696. The Morgan fingerprint density at radius 2 is 1.81 bits per heavy atom. The van der Waals surface area contributed by atoms with Crippen molar-refractivity contribution in [2.75, 3.05) is 5.32 Å². The van der Waals surface area contributed by atoms with Gasteiger partial charge in [-0.2, -0.15) is 13.2 Å². The zero-order chi connectivity index (χ0) is 19.4. The quantitative estimate of drug-likeness (QED) is 0.815. The molecule has 3 rings (SSSR count). The van der Waals surface area contributed by atoms with Gasteiger partial charge in [-0.3, -0.25) is 4.79 Å². The fourth-order valence-electron chi connectivity index (χ4n) is 3.23. The van der Waals surface area contributed by atoms with Crippen LogP contribution in [-0.2, 0) is 6.18 Å². The first-order chi connectivity index (χ1) is 12.8. The number of carbonyl (C=O) groups excluding carboxylic acids is 1. The van der Waals surface area contributed by atoms with Gasteiger partial charge in [0, 0.05) is 12.1 Å². The van der Waals surface area contributed by atoms with Crippen LogP contribution < -0.4 is 10.6 Å². The molecule has 1 aliphatic carbocycles. The molecule has 27 heavy (non-hydrogen) atoms. The van der Waals surface area contributed by atoms with E-state index in [-0.39, 0.29) is 29.1 Å². The number of benzene rings is 1. The summed E-state index contributed by atoms with van der Waals surface area (Å²) in [4.78, 5) is 20.7. The van der Waals surface area contributed by atoms with E-state index in [1.807, 2.05) is 0 Å². The molecule has 2 aromatic rings. The molecule has 2 N–H and O–H groups in total. The Morgan fingerprint density at radius 3 is 2.52 bits per heavy atom. The van der Waals surface area contributed by atoms with Crippen LogP contribution in [0.25, 0.3) is 0 Å². The minimum atomic E-state index is -4.49. The van der Waals surface area contributed by atoms with Crippen molar-refractivity contribution < 1.29 is 18.0 Å². The first-order valence-electron chi connectivity index (χ1n) is 8.93. The van der Waals surface area contributed by atoms with Gasteiger partial charge < -0.3 is 10.6 Å². The Kier molecular flexibility index (Phi) is 5.62. The van der Waals surface area contributed by atoms with E-state index in [1.165, 1.54) is 30.7 Å². The van der Waals surface area contributed by atoms with Gasteiger partial charge in [0.25, 0.3) is 5.91 Å². The maximum Gasteiger partial charge on any atom is 0.418 e. The summed E-state index contributed by atoms with van der Waals surface area (Å²) in [6, 6.07) is 6.63. The van der Waals surface area contributed by atoms with Crippen LogP contribution in [0.4, 0.5) is 24.7 Å². The van der Waals surface area contributed by atoms with Crippen molar-refractivity contribution in [3.05, 3.63) is 47.4 Å². The highest BCUT2D eigenvalue weighted by atomic mass is 19.4. The third-order valence-electron chi connectivity index (χ3n) is 4.51. The number of para-hydroxylation sites is 1. The van der Waals surface area contributed by atoms with E-state index in [0.29, 0.717) is 5.82 Å². The third kappa shape index (κ3) is 4.96. The highest BCUT2D eigenvalue weighted by Gasteiger charge is 2.33. The number of alkyl halides is 3. The summed E-state index contributed by atoms with van der Waals surface area (Å²) in [7, 11) is 0. The topological polar surface area (TPSA) is 66.9 Å². The maximum absolute atomic E-state index is 13.2. The van der Waals surface area contributed by atoms with Crippen molar-refractivity contribution in [1.29, 1.82) is 0 Å². The molecule has 1 aromatic heterocycles. The van der Waals surface area contributed by atoms with Crippen LogP contribution in [0.1, 0.15) is 54.0 Å². The predicted octanol–water partition coefficient (Wildman–Crippen LogP) is 4.61. The summed E-state index contributed by atoms with van der Waals surface area (Å²) in [5.41, 5.74) is -0.781. The highest BCUT2D eigenvalue weighted by Crippen LogP contribution is 2.35. The van der Waals surface area contributed by atoms with Crippen molar-refractivity contribution in [1.82, 2.24) is 15.3 Å². The third-order valence-corrected chi connectivity index (χ3v) is 4.51. The Labute approximate surface area is 155 Å². The number of aromatic nitrogens is 2. The second-order valence-electron chi connectivity index (χ2n) is 6.66. The Bertz CT molecular complexity index is 817. The van der Waals surface area contributed by atoms with Crippen molar-refractivity contribution in [3.8, 4) is 0 Å². The lowest BCUT2D eigenvalue weighted by molar-refractivity contribution is -0.136. The first-order valence-corrected chi connectivity index (χ1v) is 8.93. The molecule has 0 unspecified atom stereocenters. The zero-order valence-corrected chi connectivity index (χ0v) is 14.9. The lowest BCUT2D eigenvalue weighted by Crippen LogP contribution is -2.36.